The van der Waals surface area contributed by atoms with Crippen molar-refractivity contribution in [2.24, 2.45) is 0 Å². The third kappa shape index (κ3) is 3.12. The summed E-state index contributed by atoms with van der Waals surface area (Å²) in [5.41, 5.74) is 2.01. The fraction of sp³-hybridized carbons (Fsp3) is 0.316. The molecule has 1 aliphatic rings. The Bertz CT molecular complexity index is 821. The molecule has 1 N–H and O–H groups in total. The number of hydrogen-bond donors (Lipinski definition) is 1. The Morgan fingerprint density at radius 1 is 1.16 bits per heavy atom. The lowest BCUT2D eigenvalue weighted by Gasteiger charge is -2.14. The molecule has 0 aliphatic carbocycles. The molecule has 0 aromatic heterocycles. The number of nitrogens with one attached hydrogen (secondary N) is 1. The Hall–Kier alpha value is -2.40. The molecule has 0 bridgehead atoms. The van der Waals surface area contributed by atoms with Crippen molar-refractivity contribution < 1.29 is 19.0 Å². The molecule has 5 nitrogen and oxygen atoms in total. The fourth-order valence-electron chi connectivity index (χ4n) is 2.91. The molecule has 1 amide bonds. The van der Waals surface area contributed by atoms with Crippen molar-refractivity contribution in [2.45, 2.75) is 25.9 Å². The number of fused-ring (bicyclic) bond motifs is 1. The molecule has 0 radical (unpaired) electrons. The molecule has 0 fully saturated rings. The number of amides is 1. The monoisotopic (exact) mass is 361 g/mol. The van der Waals surface area contributed by atoms with Crippen molar-refractivity contribution in [2.75, 3.05) is 19.5 Å². The van der Waals surface area contributed by atoms with Crippen molar-refractivity contribution in [1.29, 1.82) is 0 Å². The average Bonchev–Trinajstić information content (AvgIpc) is 2.90. The fourth-order valence-corrected chi connectivity index (χ4v) is 3.14. The predicted octanol–water partition coefficient (Wildman–Crippen LogP) is 4.49. The van der Waals surface area contributed by atoms with Crippen molar-refractivity contribution >= 4 is 23.2 Å². The van der Waals surface area contributed by atoms with E-state index >= 15 is 0 Å². The summed E-state index contributed by atoms with van der Waals surface area (Å²) in [6.45, 7) is 4.09. The quantitative estimate of drug-likeness (QED) is 0.871. The Labute approximate surface area is 151 Å². The normalized spacial score (nSPS) is 18.3. The van der Waals surface area contributed by atoms with Gasteiger partial charge in [0.05, 0.1) is 30.5 Å². The van der Waals surface area contributed by atoms with Crippen LogP contribution in [0.1, 0.15) is 35.7 Å². The van der Waals surface area contributed by atoms with Crippen LogP contribution in [-0.4, -0.2) is 26.2 Å². The summed E-state index contributed by atoms with van der Waals surface area (Å²) in [7, 11) is 3.03. The zero-order valence-electron chi connectivity index (χ0n) is 14.6. The van der Waals surface area contributed by atoms with Crippen LogP contribution in [-0.2, 0) is 0 Å². The third-order valence-electron chi connectivity index (χ3n) is 4.51. The van der Waals surface area contributed by atoms with Crippen LogP contribution in [0, 0.1) is 0 Å². The SMILES string of the molecule is COc1cc(NC(=O)c2cccc3c2O[C@H](C)[C@H]3C)c(OC)cc1Cl. The van der Waals surface area contributed by atoms with E-state index in [1.54, 1.807) is 18.2 Å². The molecular weight excluding hydrogens is 342 g/mol. The summed E-state index contributed by atoms with van der Waals surface area (Å²) in [6.07, 6.45) is 0.0362. The molecule has 1 aliphatic heterocycles. The molecule has 2 aromatic carbocycles. The van der Waals surface area contributed by atoms with Gasteiger partial charge in [-0.05, 0) is 13.0 Å². The molecule has 132 valence electrons. The molecule has 0 unspecified atom stereocenters. The van der Waals surface area contributed by atoms with Crippen molar-refractivity contribution in [3.63, 3.8) is 0 Å². The second-order valence-electron chi connectivity index (χ2n) is 5.98. The first-order valence-electron chi connectivity index (χ1n) is 7.98. The van der Waals surface area contributed by atoms with E-state index in [2.05, 4.69) is 12.2 Å². The maximum Gasteiger partial charge on any atom is 0.259 e. The molecule has 0 saturated carbocycles. The number of methoxy groups -OCH3 is 2. The van der Waals surface area contributed by atoms with Gasteiger partial charge < -0.3 is 19.5 Å². The molecule has 0 saturated heterocycles. The number of para-hydroxylation sites is 1. The van der Waals surface area contributed by atoms with Crippen molar-refractivity contribution in [1.82, 2.24) is 0 Å². The maximum absolute atomic E-state index is 12.8. The second kappa shape index (κ2) is 6.84. The minimum atomic E-state index is -0.277. The van der Waals surface area contributed by atoms with Gasteiger partial charge in [0.25, 0.3) is 5.91 Å². The highest BCUT2D eigenvalue weighted by molar-refractivity contribution is 6.32. The lowest BCUT2D eigenvalue weighted by molar-refractivity contribution is 0.102. The molecule has 25 heavy (non-hydrogen) atoms. The van der Waals surface area contributed by atoms with Gasteiger partial charge in [-0.2, -0.15) is 0 Å². The van der Waals surface area contributed by atoms with E-state index in [1.165, 1.54) is 14.2 Å². The molecular formula is C19H20ClNO4. The highest BCUT2D eigenvalue weighted by Gasteiger charge is 2.31. The summed E-state index contributed by atoms with van der Waals surface area (Å²) < 4.78 is 16.4. The summed E-state index contributed by atoms with van der Waals surface area (Å²) in [5, 5.41) is 3.26. The Balaban J connectivity index is 1.95. The largest absolute Gasteiger partial charge is 0.495 e. The number of hydrogen-bond acceptors (Lipinski definition) is 4. The number of anilines is 1. The number of carbonyl (C=O) groups is 1. The zero-order valence-corrected chi connectivity index (χ0v) is 15.3. The van der Waals surface area contributed by atoms with Gasteiger partial charge in [0.2, 0.25) is 0 Å². The van der Waals surface area contributed by atoms with E-state index in [9.17, 15) is 4.79 Å². The van der Waals surface area contributed by atoms with Crippen molar-refractivity contribution in [3.8, 4) is 17.2 Å². The first-order valence-corrected chi connectivity index (χ1v) is 8.36. The third-order valence-corrected chi connectivity index (χ3v) is 4.81. The second-order valence-corrected chi connectivity index (χ2v) is 6.38. The van der Waals surface area contributed by atoms with Crippen LogP contribution >= 0.6 is 11.6 Å². The highest BCUT2D eigenvalue weighted by Crippen LogP contribution is 2.41. The van der Waals surface area contributed by atoms with Gasteiger partial charge in [0, 0.05) is 23.6 Å². The molecule has 2 aromatic rings. The number of carbonyl (C=O) groups excluding carboxylic acids is 1. The summed E-state index contributed by atoms with van der Waals surface area (Å²) in [5.74, 6) is 1.51. The standard InChI is InChI=1S/C19H20ClNO4/c1-10-11(2)25-18-12(10)6-5-7-13(18)19(22)21-15-9-16(23-3)14(20)8-17(15)24-4/h5-11H,1-4H3,(H,21,22)/t10-,11-/m1/s1. The van der Waals surface area contributed by atoms with E-state index in [4.69, 9.17) is 25.8 Å². The highest BCUT2D eigenvalue weighted by atomic mass is 35.5. The topological polar surface area (TPSA) is 56.8 Å². The summed E-state index contributed by atoms with van der Waals surface area (Å²) in [6, 6.07) is 8.84. The molecule has 2 atom stereocenters. The number of rotatable bonds is 4. The van der Waals surface area contributed by atoms with Gasteiger partial charge in [-0.3, -0.25) is 4.79 Å². The molecule has 1 heterocycles. The van der Waals surface area contributed by atoms with Gasteiger partial charge in [-0.1, -0.05) is 30.7 Å². The van der Waals surface area contributed by atoms with Crippen LogP contribution in [0.3, 0.4) is 0 Å². The van der Waals surface area contributed by atoms with Gasteiger partial charge in [-0.15, -0.1) is 0 Å². The van der Waals surface area contributed by atoms with Gasteiger partial charge >= 0.3 is 0 Å². The first-order chi connectivity index (χ1) is 12.0. The van der Waals surface area contributed by atoms with Gasteiger partial charge in [0.15, 0.2) is 0 Å². The lowest BCUT2D eigenvalue weighted by atomic mass is 9.97. The van der Waals surface area contributed by atoms with E-state index in [-0.39, 0.29) is 17.9 Å². The number of ether oxygens (including phenoxy) is 3. The van der Waals surface area contributed by atoms with Crippen LogP contribution in [0.15, 0.2) is 30.3 Å². The van der Waals surface area contributed by atoms with Crippen LogP contribution in [0.2, 0.25) is 5.02 Å². The van der Waals surface area contributed by atoms with Gasteiger partial charge in [0.1, 0.15) is 23.4 Å². The molecule has 6 heteroatoms. The van der Waals surface area contributed by atoms with Crippen LogP contribution < -0.4 is 19.5 Å². The number of benzene rings is 2. The molecule has 0 spiro atoms. The lowest BCUT2D eigenvalue weighted by Crippen LogP contribution is -2.15. The summed E-state index contributed by atoms with van der Waals surface area (Å²) >= 11 is 6.10. The minimum absolute atomic E-state index is 0.0362. The molecule has 3 rings (SSSR count). The Morgan fingerprint density at radius 2 is 1.88 bits per heavy atom. The van der Waals surface area contributed by atoms with Crippen molar-refractivity contribution in [3.05, 3.63) is 46.5 Å². The number of halogens is 1. The van der Waals surface area contributed by atoms with E-state index in [1.807, 2.05) is 19.1 Å². The van der Waals surface area contributed by atoms with Crippen LogP contribution in [0.5, 0.6) is 17.2 Å². The van der Waals surface area contributed by atoms with Gasteiger partial charge in [-0.25, -0.2) is 0 Å². The maximum atomic E-state index is 12.8. The van der Waals surface area contributed by atoms with Crippen LogP contribution in [0.4, 0.5) is 5.69 Å². The first kappa shape index (κ1) is 17.4. The smallest absolute Gasteiger partial charge is 0.259 e. The Kier molecular flexibility index (Phi) is 4.77. The minimum Gasteiger partial charge on any atom is -0.495 e. The average molecular weight is 362 g/mol. The predicted molar refractivity (Wildman–Crippen MR) is 97.5 cm³/mol. The van der Waals surface area contributed by atoms with E-state index in [0.717, 1.165) is 5.56 Å². The van der Waals surface area contributed by atoms with Crippen LogP contribution in [0.25, 0.3) is 0 Å². The Morgan fingerprint density at radius 3 is 2.56 bits per heavy atom. The van der Waals surface area contributed by atoms with E-state index < -0.39 is 0 Å². The zero-order chi connectivity index (χ0) is 18.1. The van der Waals surface area contributed by atoms with E-state index in [0.29, 0.717) is 33.5 Å². The summed E-state index contributed by atoms with van der Waals surface area (Å²) in [4.78, 5) is 12.8.